The summed E-state index contributed by atoms with van der Waals surface area (Å²) in [4.78, 5) is 25.5. The monoisotopic (exact) mass is 388 g/mol. The Morgan fingerprint density at radius 3 is 2.19 bits per heavy atom. The number of halogens is 1. The molecule has 1 amide bonds. The van der Waals surface area contributed by atoms with Crippen LogP contribution >= 0.6 is 11.6 Å². The lowest BCUT2D eigenvalue weighted by molar-refractivity contribution is -0.145. The van der Waals surface area contributed by atoms with Gasteiger partial charge >= 0.3 is 0 Å². The first-order valence-electron chi connectivity index (χ1n) is 9.05. The highest BCUT2D eigenvalue weighted by Gasteiger charge is 2.36. The quantitative estimate of drug-likeness (QED) is 0.804. The van der Waals surface area contributed by atoms with Crippen LogP contribution < -0.4 is 9.64 Å². The topological polar surface area (TPSA) is 58.6 Å². The molecule has 1 aromatic carbocycles. The summed E-state index contributed by atoms with van der Waals surface area (Å²) in [6.07, 6.45) is 3.46. The van der Waals surface area contributed by atoms with Crippen LogP contribution in [0.2, 0.25) is 5.02 Å². The standard InChI is InChI=1S/C20H25ClN4O2/c1-14-12-16(13-15(2)17(14)21)27-20(3,4)18(26)24-8-10-25(11-9-24)19-22-6-5-7-23-19/h5-7,12-13H,8-11H2,1-4H3. The predicted octanol–water partition coefficient (Wildman–Crippen LogP) is 3.25. The van der Waals surface area contributed by atoms with Gasteiger partial charge in [-0.15, -0.1) is 0 Å². The molecular formula is C20H25ClN4O2. The molecular weight excluding hydrogens is 364 g/mol. The van der Waals surface area contributed by atoms with E-state index in [4.69, 9.17) is 16.3 Å². The van der Waals surface area contributed by atoms with Crippen LogP contribution in [0.15, 0.2) is 30.6 Å². The zero-order chi connectivity index (χ0) is 19.6. The maximum Gasteiger partial charge on any atom is 0.266 e. The van der Waals surface area contributed by atoms with Gasteiger partial charge in [0.05, 0.1) is 0 Å². The molecule has 7 heteroatoms. The van der Waals surface area contributed by atoms with Crippen LogP contribution in [-0.2, 0) is 4.79 Å². The fourth-order valence-corrected chi connectivity index (χ4v) is 3.36. The van der Waals surface area contributed by atoms with E-state index in [0.717, 1.165) is 16.1 Å². The van der Waals surface area contributed by atoms with Crippen molar-refractivity contribution >= 4 is 23.5 Å². The zero-order valence-electron chi connectivity index (χ0n) is 16.2. The van der Waals surface area contributed by atoms with Crippen molar-refractivity contribution in [3.8, 4) is 5.75 Å². The Hall–Kier alpha value is -2.34. The van der Waals surface area contributed by atoms with Gasteiger partial charge in [-0.3, -0.25) is 4.79 Å². The molecule has 27 heavy (non-hydrogen) atoms. The van der Waals surface area contributed by atoms with Gasteiger partial charge in [-0.1, -0.05) is 11.6 Å². The van der Waals surface area contributed by atoms with Crippen molar-refractivity contribution in [2.75, 3.05) is 31.1 Å². The third kappa shape index (κ3) is 4.33. The van der Waals surface area contributed by atoms with E-state index in [9.17, 15) is 4.79 Å². The van der Waals surface area contributed by atoms with E-state index in [1.807, 2.05) is 30.9 Å². The van der Waals surface area contributed by atoms with Crippen molar-refractivity contribution < 1.29 is 9.53 Å². The zero-order valence-corrected chi connectivity index (χ0v) is 17.0. The number of ether oxygens (including phenoxy) is 1. The van der Waals surface area contributed by atoms with E-state index >= 15 is 0 Å². The molecule has 1 fully saturated rings. The van der Waals surface area contributed by atoms with Gasteiger partial charge in [0.2, 0.25) is 5.95 Å². The Bertz CT molecular complexity index is 795. The SMILES string of the molecule is Cc1cc(OC(C)(C)C(=O)N2CCN(c3ncccn3)CC2)cc(C)c1Cl. The summed E-state index contributed by atoms with van der Waals surface area (Å²) >= 11 is 6.22. The number of aryl methyl sites for hydroxylation is 2. The second-order valence-electron chi connectivity index (χ2n) is 7.31. The summed E-state index contributed by atoms with van der Waals surface area (Å²) in [5.74, 6) is 1.33. The largest absolute Gasteiger partial charge is 0.478 e. The highest BCUT2D eigenvalue weighted by molar-refractivity contribution is 6.32. The van der Waals surface area contributed by atoms with E-state index in [-0.39, 0.29) is 5.91 Å². The Labute approximate surface area is 165 Å². The number of nitrogens with zero attached hydrogens (tertiary/aromatic N) is 4. The maximum atomic E-state index is 13.0. The van der Waals surface area contributed by atoms with E-state index in [1.165, 1.54) is 0 Å². The minimum atomic E-state index is -0.960. The summed E-state index contributed by atoms with van der Waals surface area (Å²) in [5, 5.41) is 0.728. The van der Waals surface area contributed by atoms with Crippen molar-refractivity contribution in [2.24, 2.45) is 0 Å². The summed E-state index contributed by atoms with van der Waals surface area (Å²) in [7, 11) is 0. The number of rotatable bonds is 4. The molecule has 0 atom stereocenters. The van der Waals surface area contributed by atoms with Crippen molar-refractivity contribution in [2.45, 2.75) is 33.3 Å². The summed E-state index contributed by atoms with van der Waals surface area (Å²) in [6, 6.07) is 5.54. The molecule has 3 rings (SSSR count). The third-order valence-corrected chi connectivity index (χ3v) is 5.30. The number of hydrogen-bond acceptors (Lipinski definition) is 5. The molecule has 0 aliphatic carbocycles. The van der Waals surface area contributed by atoms with E-state index in [0.29, 0.717) is 37.9 Å². The molecule has 2 heterocycles. The molecule has 0 saturated carbocycles. The number of benzene rings is 1. The summed E-state index contributed by atoms with van der Waals surface area (Å²) < 4.78 is 6.06. The van der Waals surface area contributed by atoms with Gasteiger partial charge in [0.15, 0.2) is 5.60 Å². The van der Waals surface area contributed by atoms with Crippen molar-refractivity contribution in [3.63, 3.8) is 0 Å². The fraction of sp³-hybridized carbons (Fsp3) is 0.450. The summed E-state index contributed by atoms with van der Waals surface area (Å²) in [6.45, 7) is 10.1. The van der Waals surface area contributed by atoms with Crippen molar-refractivity contribution in [1.29, 1.82) is 0 Å². The first-order chi connectivity index (χ1) is 12.8. The number of piperazine rings is 1. The maximum absolute atomic E-state index is 13.0. The van der Waals surface area contributed by atoms with Gasteiger partial charge in [0.25, 0.3) is 5.91 Å². The average molecular weight is 389 g/mol. The smallest absolute Gasteiger partial charge is 0.266 e. The van der Waals surface area contributed by atoms with E-state index < -0.39 is 5.60 Å². The molecule has 0 N–H and O–H groups in total. The van der Waals surface area contributed by atoms with Crippen molar-refractivity contribution in [1.82, 2.24) is 14.9 Å². The second-order valence-corrected chi connectivity index (χ2v) is 7.69. The third-order valence-electron chi connectivity index (χ3n) is 4.70. The molecule has 6 nitrogen and oxygen atoms in total. The van der Waals surface area contributed by atoms with Gasteiger partial charge in [0, 0.05) is 43.6 Å². The van der Waals surface area contributed by atoms with Crippen LogP contribution in [0.25, 0.3) is 0 Å². The number of anilines is 1. The Balaban J connectivity index is 1.65. The Morgan fingerprint density at radius 2 is 1.63 bits per heavy atom. The number of aromatic nitrogens is 2. The minimum absolute atomic E-state index is 0.0265. The van der Waals surface area contributed by atoms with Gasteiger partial charge in [-0.05, 0) is 57.0 Å². The number of carbonyl (C=O) groups is 1. The lowest BCUT2D eigenvalue weighted by Gasteiger charge is -2.38. The van der Waals surface area contributed by atoms with Crippen LogP contribution in [-0.4, -0.2) is 52.6 Å². The number of carbonyl (C=O) groups excluding carboxylic acids is 1. The molecule has 2 aromatic rings. The fourth-order valence-electron chi connectivity index (χ4n) is 3.25. The normalized spacial score (nSPS) is 15.0. The molecule has 1 aliphatic heterocycles. The second kappa shape index (κ2) is 7.72. The van der Waals surface area contributed by atoms with Crippen LogP contribution in [0.5, 0.6) is 5.75 Å². The Kier molecular flexibility index (Phi) is 5.56. The van der Waals surface area contributed by atoms with Gasteiger partial charge in [-0.2, -0.15) is 0 Å². The first-order valence-corrected chi connectivity index (χ1v) is 9.43. The molecule has 0 unspecified atom stereocenters. The van der Waals surface area contributed by atoms with Crippen LogP contribution in [0, 0.1) is 13.8 Å². The number of amides is 1. The molecule has 1 aromatic heterocycles. The first kappa shape index (κ1) is 19.4. The number of hydrogen-bond donors (Lipinski definition) is 0. The summed E-state index contributed by atoms with van der Waals surface area (Å²) in [5.41, 5.74) is 0.913. The molecule has 0 bridgehead atoms. The van der Waals surface area contributed by atoms with Crippen LogP contribution in [0.4, 0.5) is 5.95 Å². The van der Waals surface area contributed by atoms with E-state index in [1.54, 1.807) is 32.3 Å². The van der Waals surface area contributed by atoms with Gasteiger partial charge < -0.3 is 14.5 Å². The lowest BCUT2D eigenvalue weighted by Crippen LogP contribution is -2.56. The van der Waals surface area contributed by atoms with Crippen molar-refractivity contribution in [3.05, 3.63) is 46.7 Å². The molecule has 1 aliphatic rings. The lowest BCUT2D eigenvalue weighted by atomic mass is 10.1. The molecule has 144 valence electrons. The minimum Gasteiger partial charge on any atom is -0.478 e. The highest BCUT2D eigenvalue weighted by Crippen LogP contribution is 2.29. The molecule has 0 radical (unpaired) electrons. The molecule has 0 spiro atoms. The molecule has 1 saturated heterocycles. The van der Waals surface area contributed by atoms with Gasteiger partial charge in [-0.25, -0.2) is 9.97 Å². The highest BCUT2D eigenvalue weighted by atomic mass is 35.5. The predicted molar refractivity (Wildman–Crippen MR) is 106 cm³/mol. The van der Waals surface area contributed by atoms with E-state index in [2.05, 4.69) is 14.9 Å². The average Bonchev–Trinajstić information content (AvgIpc) is 2.66. The van der Waals surface area contributed by atoms with Gasteiger partial charge in [0.1, 0.15) is 5.75 Å². The van der Waals surface area contributed by atoms with Crippen LogP contribution in [0.3, 0.4) is 0 Å². The van der Waals surface area contributed by atoms with Crippen LogP contribution in [0.1, 0.15) is 25.0 Å². The Morgan fingerprint density at radius 1 is 1.07 bits per heavy atom.